The second-order valence-corrected chi connectivity index (χ2v) is 6.90. The van der Waals surface area contributed by atoms with Gasteiger partial charge >= 0.3 is 0 Å². The van der Waals surface area contributed by atoms with Crippen LogP contribution in [0.25, 0.3) is 11.1 Å². The first kappa shape index (κ1) is 18.0. The number of carbonyl (C=O) groups excluding carboxylic acids is 2. The van der Waals surface area contributed by atoms with Crippen molar-refractivity contribution in [3.63, 3.8) is 0 Å². The summed E-state index contributed by atoms with van der Waals surface area (Å²) in [6.45, 7) is 1.74. The van der Waals surface area contributed by atoms with E-state index in [4.69, 9.17) is 0 Å². The van der Waals surface area contributed by atoms with Crippen LogP contribution in [0.3, 0.4) is 0 Å². The highest BCUT2D eigenvalue weighted by molar-refractivity contribution is 6.22. The molecule has 4 rings (SSSR count). The molecule has 0 fully saturated rings. The number of amides is 1. The van der Waals surface area contributed by atoms with E-state index in [-0.39, 0.29) is 11.7 Å². The lowest BCUT2D eigenvalue weighted by Crippen LogP contribution is -2.29. The molecule has 1 aliphatic carbocycles. The fraction of sp³-hybridized carbons (Fsp3) is 0.130. The third-order valence-corrected chi connectivity index (χ3v) is 5.30. The molecule has 0 saturated heterocycles. The number of nitrogens with zero attached hydrogens (tertiary/aromatic N) is 1. The fourth-order valence-corrected chi connectivity index (χ4v) is 3.54. The van der Waals surface area contributed by atoms with Gasteiger partial charge in [0.2, 0.25) is 0 Å². The molecule has 1 amide bonds. The number of halogens is 2. The lowest BCUT2D eigenvalue weighted by molar-refractivity contribution is 0.0742. The molecule has 3 aromatic rings. The van der Waals surface area contributed by atoms with Crippen LogP contribution >= 0.6 is 0 Å². The Morgan fingerprint density at radius 3 is 2.25 bits per heavy atom. The lowest BCUT2D eigenvalue weighted by atomic mass is 10.0. The van der Waals surface area contributed by atoms with Crippen LogP contribution < -0.4 is 0 Å². The summed E-state index contributed by atoms with van der Waals surface area (Å²) in [7, 11) is 1.60. The molecule has 1 atom stereocenters. The minimum atomic E-state index is -0.953. The van der Waals surface area contributed by atoms with E-state index in [0.29, 0.717) is 22.3 Å². The molecule has 0 bridgehead atoms. The van der Waals surface area contributed by atoms with E-state index >= 15 is 0 Å². The number of carbonyl (C=O) groups is 2. The molecule has 3 nitrogen and oxygen atoms in total. The Labute approximate surface area is 161 Å². The largest absolute Gasteiger partial charge is 0.335 e. The summed E-state index contributed by atoms with van der Waals surface area (Å²) >= 11 is 0. The molecule has 5 heteroatoms. The molecule has 28 heavy (non-hydrogen) atoms. The summed E-state index contributed by atoms with van der Waals surface area (Å²) in [5, 5.41) is 0. The van der Waals surface area contributed by atoms with E-state index in [9.17, 15) is 18.4 Å². The van der Waals surface area contributed by atoms with Crippen molar-refractivity contribution >= 4 is 11.7 Å². The summed E-state index contributed by atoms with van der Waals surface area (Å²) in [4.78, 5) is 27.0. The van der Waals surface area contributed by atoms with Crippen molar-refractivity contribution < 1.29 is 18.4 Å². The average Bonchev–Trinajstić information content (AvgIpc) is 3.00. The van der Waals surface area contributed by atoms with Gasteiger partial charge in [0.15, 0.2) is 17.4 Å². The number of rotatable bonds is 3. The third-order valence-electron chi connectivity index (χ3n) is 5.30. The van der Waals surface area contributed by atoms with Crippen LogP contribution in [-0.2, 0) is 0 Å². The molecule has 3 aromatic carbocycles. The maximum atomic E-state index is 13.5. The predicted molar refractivity (Wildman–Crippen MR) is 102 cm³/mol. The third kappa shape index (κ3) is 2.80. The van der Waals surface area contributed by atoms with Crippen molar-refractivity contribution in [3.8, 4) is 11.1 Å². The van der Waals surface area contributed by atoms with Crippen LogP contribution in [0, 0.1) is 11.6 Å². The van der Waals surface area contributed by atoms with Gasteiger partial charge in [-0.05, 0) is 47.9 Å². The SMILES string of the molecule is CC(c1ccc(F)c(F)c1)N(C)C(=O)c1ccc2c(c1)C(=O)c1ccccc1-2. The van der Waals surface area contributed by atoms with Crippen LogP contribution in [0.2, 0.25) is 0 Å². The van der Waals surface area contributed by atoms with Crippen molar-refractivity contribution in [2.75, 3.05) is 7.05 Å². The lowest BCUT2D eigenvalue weighted by Gasteiger charge is -2.25. The molecule has 1 aliphatic rings. The Morgan fingerprint density at radius 2 is 1.54 bits per heavy atom. The fourth-order valence-electron chi connectivity index (χ4n) is 3.54. The van der Waals surface area contributed by atoms with Crippen molar-refractivity contribution in [1.29, 1.82) is 0 Å². The normalized spacial score (nSPS) is 13.1. The maximum absolute atomic E-state index is 13.5. The molecule has 140 valence electrons. The standard InChI is InChI=1S/C23H17F2NO2/c1-13(14-8-10-20(24)21(25)12-14)26(2)23(28)15-7-9-17-16-5-3-4-6-18(16)22(27)19(17)11-15/h3-13H,1-2H3. The topological polar surface area (TPSA) is 37.4 Å². The predicted octanol–water partition coefficient (Wildman–Crippen LogP) is 5.01. The van der Waals surface area contributed by atoms with Crippen molar-refractivity contribution in [3.05, 3.63) is 94.6 Å². The van der Waals surface area contributed by atoms with Crippen LogP contribution in [0.4, 0.5) is 8.78 Å². The molecule has 0 aromatic heterocycles. The van der Waals surface area contributed by atoms with Crippen LogP contribution in [0.1, 0.15) is 44.8 Å². The van der Waals surface area contributed by atoms with Gasteiger partial charge < -0.3 is 4.90 Å². The number of fused-ring (bicyclic) bond motifs is 3. The zero-order valence-electron chi connectivity index (χ0n) is 15.4. The first-order chi connectivity index (χ1) is 13.4. The second-order valence-electron chi connectivity index (χ2n) is 6.90. The van der Waals surface area contributed by atoms with Crippen molar-refractivity contribution in [2.24, 2.45) is 0 Å². The summed E-state index contributed by atoms with van der Waals surface area (Å²) in [6, 6.07) is 15.5. The Bertz CT molecular complexity index is 1120. The summed E-state index contributed by atoms with van der Waals surface area (Å²) in [5.74, 6) is -2.28. The summed E-state index contributed by atoms with van der Waals surface area (Å²) in [5.41, 5.74) is 3.67. The molecule has 0 heterocycles. The number of benzene rings is 3. The Hall–Kier alpha value is -3.34. The highest BCUT2D eigenvalue weighted by Gasteiger charge is 2.28. The van der Waals surface area contributed by atoms with Gasteiger partial charge in [0.1, 0.15) is 0 Å². The minimum Gasteiger partial charge on any atom is -0.335 e. The number of ketones is 1. The first-order valence-corrected chi connectivity index (χ1v) is 8.88. The quantitative estimate of drug-likeness (QED) is 0.503. The van der Waals surface area contributed by atoms with Gasteiger partial charge in [0.25, 0.3) is 5.91 Å². The molecule has 0 saturated carbocycles. The Kier molecular flexibility index (Phi) is 4.30. The van der Waals surface area contributed by atoms with Gasteiger partial charge in [0.05, 0.1) is 6.04 Å². The van der Waals surface area contributed by atoms with Crippen LogP contribution in [-0.4, -0.2) is 23.6 Å². The molecule has 0 radical (unpaired) electrons. The first-order valence-electron chi connectivity index (χ1n) is 8.88. The monoisotopic (exact) mass is 377 g/mol. The second kappa shape index (κ2) is 6.68. The summed E-state index contributed by atoms with van der Waals surface area (Å²) < 4.78 is 26.7. The van der Waals surface area contributed by atoms with E-state index in [0.717, 1.165) is 23.3 Å². The van der Waals surface area contributed by atoms with Gasteiger partial charge in [-0.3, -0.25) is 9.59 Å². The Balaban J connectivity index is 1.64. The maximum Gasteiger partial charge on any atom is 0.254 e. The molecular formula is C23H17F2NO2. The van der Waals surface area contributed by atoms with Crippen LogP contribution in [0.15, 0.2) is 60.7 Å². The van der Waals surface area contributed by atoms with Gasteiger partial charge in [-0.2, -0.15) is 0 Å². The highest BCUT2D eigenvalue weighted by atomic mass is 19.2. The zero-order valence-corrected chi connectivity index (χ0v) is 15.4. The van der Waals surface area contributed by atoms with E-state index in [2.05, 4.69) is 0 Å². The van der Waals surface area contributed by atoms with E-state index in [1.54, 1.807) is 38.2 Å². The van der Waals surface area contributed by atoms with Gasteiger partial charge in [-0.1, -0.05) is 36.4 Å². The molecule has 1 unspecified atom stereocenters. The molecular weight excluding hydrogens is 360 g/mol. The van der Waals surface area contributed by atoms with Gasteiger partial charge in [-0.15, -0.1) is 0 Å². The van der Waals surface area contributed by atoms with E-state index in [1.165, 1.54) is 11.0 Å². The zero-order chi connectivity index (χ0) is 20.0. The molecule has 0 N–H and O–H groups in total. The number of hydrogen-bond acceptors (Lipinski definition) is 2. The summed E-state index contributed by atoms with van der Waals surface area (Å²) in [6.07, 6.45) is 0. The van der Waals surface area contributed by atoms with E-state index < -0.39 is 17.7 Å². The number of hydrogen-bond donors (Lipinski definition) is 0. The van der Waals surface area contributed by atoms with Crippen molar-refractivity contribution in [1.82, 2.24) is 4.90 Å². The highest BCUT2D eigenvalue weighted by Crippen LogP contribution is 2.37. The molecule has 0 aliphatic heterocycles. The smallest absolute Gasteiger partial charge is 0.254 e. The molecule has 0 spiro atoms. The van der Waals surface area contributed by atoms with Gasteiger partial charge in [0, 0.05) is 23.7 Å². The van der Waals surface area contributed by atoms with Crippen LogP contribution in [0.5, 0.6) is 0 Å². The van der Waals surface area contributed by atoms with Gasteiger partial charge in [-0.25, -0.2) is 8.78 Å². The minimum absolute atomic E-state index is 0.100. The van der Waals surface area contributed by atoms with Crippen molar-refractivity contribution in [2.45, 2.75) is 13.0 Å². The Morgan fingerprint density at radius 1 is 0.857 bits per heavy atom. The average molecular weight is 377 g/mol. The van der Waals surface area contributed by atoms with E-state index in [1.807, 2.05) is 18.2 Å².